The molecule has 470 valence electrons. The van der Waals surface area contributed by atoms with E-state index in [9.17, 15) is 31.8 Å². The Bertz CT molecular complexity index is 2590. The van der Waals surface area contributed by atoms with Crippen LogP contribution < -0.4 is 63.4 Å². The topological polar surface area (TPSA) is 310 Å². The molecule has 0 aromatic heterocycles. The molecule has 0 aliphatic carbocycles. The third kappa shape index (κ3) is 21.6. The molecule has 2 aromatic carbocycles. The Morgan fingerprint density at radius 2 is 1.02 bits per heavy atom. The second kappa shape index (κ2) is 32.5. The minimum atomic E-state index is -5.94. The fraction of sp³-hybridized carbons (Fsp3) is 0.712. The Balaban J connectivity index is 0.000000281. The molecule has 2 aromatic rings. The number of methoxy groups -OCH3 is 2. The summed E-state index contributed by atoms with van der Waals surface area (Å²) in [6.45, 7) is 20.9. The predicted molar refractivity (Wildman–Crippen MR) is 292 cm³/mol. The van der Waals surface area contributed by atoms with Crippen molar-refractivity contribution < 1.29 is 143 Å². The smallest absolute Gasteiger partial charge is 0.394 e. The van der Waals surface area contributed by atoms with E-state index in [0.29, 0.717) is 64.6 Å². The molecule has 84 heavy (non-hydrogen) atoms. The number of carbonyl (C=O) groups excluding carboxylic acids is 1. The minimum Gasteiger partial charge on any atom is -0.394 e. The molecule has 6 heterocycles. The van der Waals surface area contributed by atoms with Crippen LogP contribution in [0.15, 0.2) is 94.8 Å². The zero-order chi connectivity index (χ0) is 61.1. The summed E-state index contributed by atoms with van der Waals surface area (Å²) in [5.41, 5.74) is 1.94. The van der Waals surface area contributed by atoms with Gasteiger partial charge in [0.05, 0.1) is 120 Å². The van der Waals surface area contributed by atoms with Crippen molar-refractivity contribution in [1.82, 2.24) is 0 Å². The molecule has 0 radical (unpaired) electrons. The number of benzene rings is 2. The van der Waals surface area contributed by atoms with Crippen LogP contribution in [0.25, 0.3) is 0 Å². The van der Waals surface area contributed by atoms with Gasteiger partial charge in [-0.2, -0.15) is 0 Å². The van der Waals surface area contributed by atoms with E-state index in [2.05, 4.69) is 27.0 Å². The van der Waals surface area contributed by atoms with Crippen LogP contribution in [0.2, 0.25) is 0 Å². The maximum absolute atomic E-state index is 13.5. The summed E-state index contributed by atoms with van der Waals surface area (Å²) in [7, 11) is -4.01. The molecule has 0 spiro atoms. The van der Waals surface area contributed by atoms with E-state index < -0.39 is 93.7 Å². The quantitative estimate of drug-likeness (QED) is 0.0475. The predicted octanol–water partition coefficient (Wildman–Crippen LogP) is -3.35. The van der Waals surface area contributed by atoms with Gasteiger partial charge in [-0.25, -0.2) is 16.8 Å². The molecule has 6 saturated heterocycles. The van der Waals surface area contributed by atoms with Gasteiger partial charge in [-0.3, -0.25) is 13.7 Å². The van der Waals surface area contributed by atoms with Gasteiger partial charge >= 0.3 is 29.6 Å². The van der Waals surface area contributed by atoms with Crippen LogP contribution in [0.3, 0.4) is 0 Å². The number of halogens is 1. The molecule has 6 aliphatic heterocycles. The third-order valence-electron chi connectivity index (χ3n) is 16.5. The molecule has 6 aliphatic rings. The number of aliphatic hydroxyl groups is 2. The van der Waals surface area contributed by atoms with Crippen LogP contribution in [0.4, 0.5) is 0 Å². The fourth-order valence-electron chi connectivity index (χ4n) is 12.3. The Hall–Kier alpha value is -1.42. The van der Waals surface area contributed by atoms with Gasteiger partial charge in [0.25, 0.3) is 0 Å². The SMILES string of the molecule is C=C1C(C[C@@H]2O[C@H](CC3COC(C)(C)O3)[C@H](OC)[C@H]2CS(=O)(=O)c2ccccc2)O[C@@H](CCC(O)CO)C[C@H]1C.C=C1C(C[C@@H]2O[C@H](CC3COC(C)(C)O3)[C@H](OC)[C@H]2CS(=O)(=O)c2ccccc2)O[C@@H](CCC=O)C[C@H]1C.[Na+].[O-][I+3]([O-])([O-])[O-]. The van der Waals surface area contributed by atoms with Crippen LogP contribution in [0.5, 0.6) is 0 Å². The first-order valence-corrected chi connectivity index (χ1v) is 35.4. The van der Waals surface area contributed by atoms with E-state index in [-0.39, 0.29) is 118 Å². The molecule has 5 unspecified atom stereocenters. The molecule has 17 atom stereocenters. The summed E-state index contributed by atoms with van der Waals surface area (Å²) >= 11 is -5.94. The Labute approximate surface area is 525 Å². The van der Waals surface area contributed by atoms with E-state index in [4.69, 9.17) is 61.1 Å². The second-order valence-electron chi connectivity index (χ2n) is 23.6. The average molecular weight is 1350 g/mol. The van der Waals surface area contributed by atoms with Gasteiger partial charge in [0, 0.05) is 58.2 Å². The van der Waals surface area contributed by atoms with Crippen molar-refractivity contribution in [3.63, 3.8) is 0 Å². The van der Waals surface area contributed by atoms with Crippen molar-refractivity contribution in [2.75, 3.05) is 45.5 Å². The molecule has 8 rings (SSSR count). The van der Waals surface area contributed by atoms with E-state index in [1.165, 1.54) is 0 Å². The van der Waals surface area contributed by atoms with Crippen molar-refractivity contribution in [2.24, 2.45) is 23.7 Å². The third-order valence-corrected chi connectivity index (χ3v) is 20.1. The van der Waals surface area contributed by atoms with E-state index in [1.807, 2.05) is 27.7 Å². The van der Waals surface area contributed by atoms with Crippen molar-refractivity contribution in [3.05, 3.63) is 85.0 Å². The van der Waals surface area contributed by atoms with Crippen molar-refractivity contribution in [3.8, 4) is 0 Å². The van der Waals surface area contributed by atoms with Crippen LogP contribution in [0.1, 0.15) is 106 Å². The molecular formula is C59H88INaO21S2. The standard InChI is InChI=1S/C30H46O9S.C29H42O8S.IO4.Na/c1-19-13-22(12-11-21(32)16-31)37-26(20(19)2)15-27-25(18-40(33,34)24-9-7-6-8-10-24)29(35-5)28(38-27)14-23-17-36-30(3,4)39-23;1-19-14-21(10-9-13-30)35-25(20(19)2)16-26-24(18-38(31,32)23-11-7-6-8-12-23)28(33-5)27(36-26)15-22-17-34-29(3,4)37-22;2-1(3,4)5;/h6-10,19,21-23,25-29,31-32H,2,11-18H2,1,3-5H3;6-8,11-13,19,21-22,24-28H,2,9-10,14-18H2,1,3-5H3;;/q;;-1;+1/t19-,21?,22+,23?,25+,26?,27+,28-,29-;19-,21+,22?,24+,25?,26+,27-,28-;;/m11../s1. The Morgan fingerprint density at radius 3 is 1.36 bits per heavy atom. The summed E-state index contributed by atoms with van der Waals surface area (Å²) < 4.78 is 150. The number of rotatable bonds is 23. The molecule has 25 heteroatoms. The summed E-state index contributed by atoms with van der Waals surface area (Å²) in [5.74, 6) is -1.97. The van der Waals surface area contributed by atoms with Gasteiger partial charge in [-0.1, -0.05) is 63.4 Å². The van der Waals surface area contributed by atoms with E-state index in [1.54, 1.807) is 74.9 Å². The zero-order valence-corrected chi connectivity index (χ0v) is 55.8. The summed E-state index contributed by atoms with van der Waals surface area (Å²) in [6, 6.07) is 17.0. The van der Waals surface area contributed by atoms with E-state index in [0.717, 1.165) is 30.3 Å². The Morgan fingerprint density at radius 1 is 0.643 bits per heavy atom. The second-order valence-corrected chi connectivity index (χ2v) is 29.9. The molecular weight excluding hydrogens is 1260 g/mol. The molecule has 0 saturated carbocycles. The van der Waals surface area contributed by atoms with Crippen LogP contribution in [-0.4, -0.2) is 170 Å². The van der Waals surface area contributed by atoms with Crippen molar-refractivity contribution in [1.29, 1.82) is 0 Å². The first kappa shape index (κ1) is 73.3. The van der Waals surface area contributed by atoms with Gasteiger partial charge < -0.3 is 62.4 Å². The van der Waals surface area contributed by atoms with Crippen LogP contribution in [-0.2, 0) is 71.8 Å². The molecule has 21 nitrogen and oxygen atoms in total. The molecule has 0 bridgehead atoms. The largest absolute Gasteiger partial charge is 1.00 e. The first-order chi connectivity index (χ1) is 38.9. The average Bonchev–Trinajstić information content (AvgIpc) is 4.37. The van der Waals surface area contributed by atoms with Crippen molar-refractivity contribution in [2.45, 2.75) is 206 Å². The van der Waals surface area contributed by atoms with Crippen LogP contribution >= 0.6 is 0 Å². The number of ether oxygens (including phenoxy) is 10. The first-order valence-electron chi connectivity index (χ1n) is 28.5. The van der Waals surface area contributed by atoms with Gasteiger partial charge in [-0.05, 0) is 107 Å². The zero-order valence-electron chi connectivity index (χ0n) is 50.0. The summed E-state index contributed by atoms with van der Waals surface area (Å²) in [4.78, 5) is 11.5. The normalized spacial score (nSPS) is 33.5. The van der Waals surface area contributed by atoms with Gasteiger partial charge in [0.1, 0.15) is 26.4 Å². The number of aliphatic hydroxyl groups excluding tert-OH is 2. The van der Waals surface area contributed by atoms with E-state index >= 15 is 0 Å². The number of carbonyl (C=O) groups is 1. The number of sulfone groups is 2. The maximum atomic E-state index is 13.5. The van der Waals surface area contributed by atoms with Gasteiger partial charge in [-0.15, -0.1) is 0 Å². The number of aldehydes is 1. The number of hydrogen-bond donors (Lipinski definition) is 2. The molecule has 6 fully saturated rings. The fourth-order valence-corrected chi connectivity index (χ4v) is 15.7. The molecule has 0 amide bonds. The summed E-state index contributed by atoms with van der Waals surface area (Å²) in [6.07, 6.45) is 2.26. The minimum absolute atomic E-state index is 0. The summed E-state index contributed by atoms with van der Waals surface area (Å²) in [5, 5.41) is 19.0. The van der Waals surface area contributed by atoms with Gasteiger partial charge in [0.15, 0.2) is 31.2 Å². The number of hydrogen-bond acceptors (Lipinski definition) is 21. The Kier molecular flexibility index (Phi) is 28.4. The van der Waals surface area contributed by atoms with Crippen molar-refractivity contribution >= 4 is 26.0 Å². The van der Waals surface area contributed by atoms with Gasteiger partial charge in [0.2, 0.25) is 0 Å². The monoisotopic (exact) mass is 1350 g/mol. The van der Waals surface area contributed by atoms with Crippen LogP contribution in [0, 0.1) is 23.7 Å². The molecule has 2 N–H and O–H groups in total. The maximum Gasteiger partial charge on any atom is 1.00 e.